The van der Waals surface area contributed by atoms with E-state index in [1.165, 1.54) is 5.56 Å². The predicted molar refractivity (Wildman–Crippen MR) is 118 cm³/mol. The van der Waals surface area contributed by atoms with E-state index in [1.807, 2.05) is 32.9 Å². The molecule has 2 aromatic rings. The first-order chi connectivity index (χ1) is 12.2. The van der Waals surface area contributed by atoms with E-state index in [2.05, 4.69) is 45.7 Å². The molecule has 1 atom stereocenters. The molecule has 1 aromatic carbocycles. The van der Waals surface area contributed by atoms with Crippen molar-refractivity contribution in [3.8, 4) is 5.75 Å². The molecular weight excluding hydrogens is 457 g/mol. The molecule has 150 valence electrons. The van der Waals surface area contributed by atoms with Crippen LogP contribution >= 0.6 is 24.0 Å². The van der Waals surface area contributed by atoms with Gasteiger partial charge in [0.2, 0.25) is 5.89 Å². The lowest BCUT2D eigenvalue weighted by atomic mass is 9.97. The number of rotatable bonds is 5. The zero-order valence-corrected chi connectivity index (χ0v) is 19.4. The molecule has 0 bridgehead atoms. The molecule has 7 nitrogen and oxygen atoms in total. The summed E-state index contributed by atoms with van der Waals surface area (Å²) in [6.45, 7) is 10.7. The van der Waals surface area contributed by atoms with Crippen LogP contribution in [0.3, 0.4) is 0 Å². The highest BCUT2D eigenvalue weighted by Crippen LogP contribution is 2.26. The van der Waals surface area contributed by atoms with Gasteiger partial charge in [0, 0.05) is 18.0 Å². The van der Waals surface area contributed by atoms with Crippen molar-refractivity contribution in [3.63, 3.8) is 0 Å². The maximum atomic E-state index is 5.47. The topological polar surface area (TPSA) is 84.6 Å². The summed E-state index contributed by atoms with van der Waals surface area (Å²) in [5, 5.41) is 10.6. The number of benzene rings is 1. The smallest absolute Gasteiger partial charge is 0.232 e. The first kappa shape index (κ1) is 23.2. The second-order valence-electron chi connectivity index (χ2n) is 7.30. The number of aryl methyl sites for hydroxylation is 1. The Labute approximate surface area is 178 Å². The Morgan fingerprint density at radius 1 is 1.33 bits per heavy atom. The second kappa shape index (κ2) is 9.91. The normalized spacial score (nSPS) is 12.9. The van der Waals surface area contributed by atoms with Crippen LogP contribution in [0, 0.1) is 6.92 Å². The summed E-state index contributed by atoms with van der Waals surface area (Å²) < 4.78 is 10.8. The van der Waals surface area contributed by atoms with Crippen LogP contribution in [0.2, 0.25) is 0 Å². The molecule has 0 saturated heterocycles. The van der Waals surface area contributed by atoms with E-state index in [9.17, 15) is 0 Å². The van der Waals surface area contributed by atoms with E-state index in [0.29, 0.717) is 24.2 Å². The Balaban J connectivity index is 0.00000364. The lowest BCUT2D eigenvalue weighted by molar-refractivity contribution is 0.318. The van der Waals surface area contributed by atoms with Gasteiger partial charge >= 0.3 is 0 Å². The minimum Gasteiger partial charge on any atom is -0.496 e. The van der Waals surface area contributed by atoms with E-state index in [1.54, 1.807) is 14.2 Å². The molecular formula is C19H30IN5O2. The Hall–Kier alpha value is -1.84. The summed E-state index contributed by atoms with van der Waals surface area (Å²) in [4.78, 5) is 8.69. The molecule has 0 saturated carbocycles. The van der Waals surface area contributed by atoms with Crippen LogP contribution in [0.25, 0.3) is 0 Å². The second-order valence-corrected chi connectivity index (χ2v) is 7.30. The van der Waals surface area contributed by atoms with Crippen LogP contribution < -0.4 is 15.4 Å². The van der Waals surface area contributed by atoms with Crippen LogP contribution in [0.15, 0.2) is 27.7 Å². The summed E-state index contributed by atoms with van der Waals surface area (Å²) >= 11 is 0. The number of nitrogens with zero attached hydrogens (tertiary/aromatic N) is 3. The predicted octanol–water partition coefficient (Wildman–Crippen LogP) is 3.73. The van der Waals surface area contributed by atoms with Crippen LogP contribution in [-0.2, 0) is 12.0 Å². The van der Waals surface area contributed by atoms with Gasteiger partial charge < -0.3 is 19.9 Å². The molecule has 0 radical (unpaired) electrons. The third-order valence-corrected chi connectivity index (χ3v) is 3.95. The quantitative estimate of drug-likeness (QED) is 0.380. The van der Waals surface area contributed by atoms with Gasteiger partial charge in [-0.1, -0.05) is 43.6 Å². The Morgan fingerprint density at radius 3 is 2.59 bits per heavy atom. The number of hydrogen-bond donors (Lipinski definition) is 2. The number of hydrogen-bond acceptors (Lipinski definition) is 5. The monoisotopic (exact) mass is 487 g/mol. The first-order valence-electron chi connectivity index (χ1n) is 8.69. The molecule has 2 rings (SSSR count). The minimum atomic E-state index is -0.165. The van der Waals surface area contributed by atoms with Crippen LogP contribution in [0.5, 0.6) is 5.75 Å². The third-order valence-electron chi connectivity index (χ3n) is 3.95. The number of aliphatic imine (C=N–C) groups is 1. The number of halogens is 1. The largest absolute Gasteiger partial charge is 0.496 e. The van der Waals surface area contributed by atoms with Crippen molar-refractivity contribution in [2.45, 2.75) is 52.6 Å². The maximum Gasteiger partial charge on any atom is 0.232 e. The highest BCUT2D eigenvalue weighted by Gasteiger charge is 2.21. The Morgan fingerprint density at radius 2 is 2.04 bits per heavy atom. The average Bonchev–Trinajstić information content (AvgIpc) is 3.07. The van der Waals surface area contributed by atoms with Gasteiger partial charge in [-0.25, -0.2) is 0 Å². The van der Waals surface area contributed by atoms with E-state index in [0.717, 1.165) is 11.3 Å². The van der Waals surface area contributed by atoms with E-state index >= 15 is 0 Å². The number of nitrogens with one attached hydrogen (secondary N) is 2. The summed E-state index contributed by atoms with van der Waals surface area (Å²) in [5.74, 6) is 2.72. The highest BCUT2D eigenvalue weighted by atomic mass is 127. The van der Waals surface area contributed by atoms with Gasteiger partial charge in [0.15, 0.2) is 11.8 Å². The molecule has 2 N–H and O–H groups in total. The molecule has 0 amide bonds. The van der Waals surface area contributed by atoms with Crippen molar-refractivity contribution in [2.24, 2.45) is 4.99 Å². The summed E-state index contributed by atoms with van der Waals surface area (Å²) in [6.07, 6.45) is 0. The van der Waals surface area contributed by atoms with Gasteiger partial charge in [-0.15, -0.1) is 24.0 Å². The fourth-order valence-corrected chi connectivity index (χ4v) is 2.46. The molecule has 1 aromatic heterocycles. The zero-order valence-electron chi connectivity index (χ0n) is 17.1. The lowest BCUT2D eigenvalue weighted by Crippen LogP contribution is -2.38. The van der Waals surface area contributed by atoms with Crippen molar-refractivity contribution < 1.29 is 9.26 Å². The Bertz CT molecular complexity index is 768. The van der Waals surface area contributed by atoms with Gasteiger partial charge in [-0.2, -0.15) is 4.98 Å². The van der Waals surface area contributed by atoms with E-state index in [-0.39, 0.29) is 35.4 Å². The lowest BCUT2D eigenvalue weighted by Gasteiger charge is -2.20. The van der Waals surface area contributed by atoms with E-state index < -0.39 is 0 Å². The van der Waals surface area contributed by atoms with Crippen LogP contribution in [0.4, 0.5) is 0 Å². The fraction of sp³-hybridized carbons (Fsp3) is 0.526. The number of methoxy groups -OCH3 is 1. The van der Waals surface area contributed by atoms with E-state index in [4.69, 9.17) is 9.26 Å². The first-order valence-corrected chi connectivity index (χ1v) is 8.69. The van der Waals surface area contributed by atoms with Crippen molar-refractivity contribution in [1.82, 2.24) is 20.8 Å². The molecule has 0 aliphatic carbocycles. The molecule has 8 heteroatoms. The van der Waals surface area contributed by atoms with Gasteiger partial charge in [0.05, 0.1) is 19.7 Å². The van der Waals surface area contributed by atoms with Crippen LogP contribution in [-0.4, -0.2) is 30.3 Å². The third kappa shape index (κ3) is 6.37. The maximum absolute atomic E-state index is 5.47. The highest BCUT2D eigenvalue weighted by molar-refractivity contribution is 14.0. The summed E-state index contributed by atoms with van der Waals surface area (Å²) in [5.41, 5.74) is 2.09. The van der Waals surface area contributed by atoms with Crippen molar-refractivity contribution >= 4 is 29.9 Å². The summed E-state index contributed by atoms with van der Waals surface area (Å²) in [6, 6.07) is 6.14. The summed E-state index contributed by atoms with van der Waals surface area (Å²) in [7, 11) is 3.41. The zero-order chi connectivity index (χ0) is 19.3. The van der Waals surface area contributed by atoms with Gasteiger partial charge in [0.25, 0.3) is 0 Å². The molecule has 0 aliphatic rings. The van der Waals surface area contributed by atoms with Gasteiger partial charge in [-0.3, -0.25) is 4.99 Å². The van der Waals surface area contributed by atoms with Gasteiger partial charge in [-0.05, 0) is 19.9 Å². The number of ether oxygens (including phenoxy) is 1. The standard InChI is InChI=1S/C19H29N5O2.HI/c1-12-8-9-15(25-7)14(10-12)13(2)22-18(20-6)21-11-16-23-17(26-24-16)19(3,4)5;/h8-10,13H,11H2,1-7H3,(H2,20,21,22);1H. The van der Waals surface area contributed by atoms with Crippen molar-refractivity contribution in [1.29, 1.82) is 0 Å². The molecule has 0 aliphatic heterocycles. The van der Waals surface area contributed by atoms with Crippen molar-refractivity contribution in [2.75, 3.05) is 14.2 Å². The van der Waals surface area contributed by atoms with Crippen molar-refractivity contribution in [3.05, 3.63) is 41.0 Å². The molecule has 1 heterocycles. The minimum absolute atomic E-state index is 0. The fourth-order valence-electron chi connectivity index (χ4n) is 2.46. The SMILES string of the molecule is CN=C(NCc1noc(C(C)(C)C)n1)NC(C)c1cc(C)ccc1OC.I. The van der Waals surface area contributed by atoms with Crippen LogP contribution in [0.1, 0.15) is 56.6 Å². The molecule has 0 spiro atoms. The number of aromatic nitrogens is 2. The Kier molecular flexibility index (Phi) is 8.52. The van der Waals surface area contributed by atoms with Gasteiger partial charge in [0.1, 0.15) is 5.75 Å². The molecule has 27 heavy (non-hydrogen) atoms. The molecule has 0 fully saturated rings. The average molecular weight is 487 g/mol. The molecule has 1 unspecified atom stereocenters. The number of guanidine groups is 1.